The molecular formula is C18H14Cl2N2O4. The van der Waals surface area contributed by atoms with Crippen molar-refractivity contribution in [2.75, 3.05) is 6.61 Å². The molecule has 26 heavy (non-hydrogen) atoms. The fraction of sp³-hybridized carbons (Fsp3) is 0.167. The van der Waals surface area contributed by atoms with E-state index < -0.39 is 12.1 Å². The summed E-state index contributed by atoms with van der Waals surface area (Å²) in [6.45, 7) is 1.84. The predicted molar refractivity (Wildman–Crippen MR) is 97.7 cm³/mol. The van der Waals surface area contributed by atoms with Gasteiger partial charge in [-0.25, -0.2) is 14.8 Å². The molecule has 2 aromatic carbocycles. The highest BCUT2D eigenvalue weighted by Gasteiger charge is 2.20. The quantitative estimate of drug-likeness (QED) is 0.650. The van der Waals surface area contributed by atoms with Crippen LogP contribution in [0.1, 0.15) is 18.6 Å². The summed E-state index contributed by atoms with van der Waals surface area (Å²) in [5.41, 5.74) is 1.57. The zero-order chi connectivity index (χ0) is 18.7. The first-order valence-electron chi connectivity index (χ1n) is 7.72. The molecule has 0 saturated carbocycles. The van der Waals surface area contributed by atoms with Crippen LogP contribution in [-0.2, 0) is 9.53 Å². The Bertz CT molecular complexity index is 965. The smallest absolute Gasteiger partial charge is 0.339 e. The van der Waals surface area contributed by atoms with Crippen molar-refractivity contribution in [3.8, 4) is 11.6 Å². The third-order valence-electron chi connectivity index (χ3n) is 3.48. The number of aliphatic hydroxyl groups excluding tert-OH is 1. The van der Waals surface area contributed by atoms with E-state index in [-0.39, 0.29) is 17.5 Å². The molecule has 8 heteroatoms. The predicted octanol–water partition coefficient (Wildman–Crippen LogP) is 4.33. The van der Waals surface area contributed by atoms with E-state index in [1.807, 2.05) is 0 Å². The number of rotatable bonds is 5. The van der Waals surface area contributed by atoms with Gasteiger partial charge < -0.3 is 14.6 Å². The van der Waals surface area contributed by atoms with Gasteiger partial charge in [0, 0.05) is 5.02 Å². The van der Waals surface area contributed by atoms with E-state index >= 15 is 0 Å². The molecule has 0 aliphatic carbocycles. The standard InChI is InChI=1S/C18H14Cl2N2O4/c1-2-25-18(24)17(23)10-3-6-15(12(20)7-10)26-16-9-21-14-8-11(19)4-5-13(14)22-16/h3-9,17,23H,2H2,1H3. The fourth-order valence-electron chi connectivity index (χ4n) is 2.26. The minimum Gasteiger partial charge on any atom is -0.464 e. The maximum Gasteiger partial charge on any atom is 0.339 e. The molecule has 0 amide bonds. The highest BCUT2D eigenvalue weighted by atomic mass is 35.5. The van der Waals surface area contributed by atoms with Crippen LogP contribution in [0.4, 0.5) is 0 Å². The van der Waals surface area contributed by atoms with E-state index in [0.717, 1.165) is 0 Å². The summed E-state index contributed by atoms with van der Waals surface area (Å²) >= 11 is 12.1. The highest BCUT2D eigenvalue weighted by molar-refractivity contribution is 6.32. The molecule has 0 radical (unpaired) electrons. The van der Waals surface area contributed by atoms with E-state index in [1.165, 1.54) is 24.4 Å². The Morgan fingerprint density at radius 1 is 1.19 bits per heavy atom. The lowest BCUT2D eigenvalue weighted by Crippen LogP contribution is -2.15. The first-order chi connectivity index (χ1) is 12.5. The lowest BCUT2D eigenvalue weighted by molar-refractivity contribution is -0.153. The Morgan fingerprint density at radius 2 is 2.00 bits per heavy atom. The monoisotopic (exact) mass is 392 g/mol. The Morgan fingerprint density at radius 3 is 2.73 bits per heavy atom. The topological polar surface area (TPSA) is 81.5 Å². The van der Waals surface area contributed by atoms with Gasteiger partial charge in [-0.3, -0.25) is 0 Å². The van der Waals surface area contributed by atoms with Gasteiger partial charge in [0.25, 0.3) is 0 Å². The number of aliphatic hydroxyl groups is 1. The van der Waals surface area contributed by atoms with Crippen LogP contribution in [0.3, 0.4) is 0 Å². The van der Waals surface area contributed by atoms with E-state index in [2.05, 4.69) is 9.97 Å². The van der Waals surface area contributed by atoms with Crippen molar-refractivity contribution in [2.45, 2.75) is 13.0 Å². The fourth-order valence-corrected chi connectivity index (χ4v) is 2.65. The van der Waals surface area contributed by atoms with Crippen LogP contribution in [0.15, 0.2) is 42.6 Å². The normalized spacial score (nSPS) is 12.0. The summed E-state index contributed by atoms with van der Waals surface area (Å²) in [5, 5.41) is 10.7. The SMILES string of the molecule is CCOC(=O)C(O)c1ccc(Oc2cnc3cc(Cl)ccc3n2)c(Cl)c1. The van der Waals surface area contributed by atoms with Gasteiger partial charge >= 0.3 is 5.97 Å². The Kier molecular flexibility index (Phi) is 5.56. The van der Waals surface area contributed by atoms with Crippen molar-refractivity contribution in [1.29, 1.82) is 0 Å². The molecule has 1 unspecified atom stereocenters. The average Bonchev–Trinajstić information content (AvgIpc) is 2.63. The Balaban J connectivity index is 1.82. The van der Waals surface area contributed by atoms with Gasteiger partial charge in [0.05, 0.1) is 28.9 Å². The van der Waals surface area contributed by atoms with Crippen LogP contribution in [0.5, 0.6) is 11.6 Å². The molecule has 0 aliphatic rings. The first kappa shape index (κ1) is 18.4. The Hall–Kier alpha value is -2.41. The number of hydrogen-bond donors (Lipinski definition) is 1. The van der Waals surface area contributed by atoms with Gasteiger partial charge in [0.1, 0.15) is 5.75 Å². The maximum atomic E-state index is 11.6. The van der Waals surface area contributed by atoms with Crippen molar-refractivity contribution in [2.24, 2.45) is 0 Å². The summed E-state index contributed by atoms with van der Waals surface area (Å²) in [6.07, 6.45) is 0.0443. The molecule has 0 bridgehead atoms. The maximum absolute atomic E-state index is 11.6. The second-order valence-corrected chi connectivity index (χ2v) is 6.13. The molecule has 0 aliphatic heterocycles. The number of carbonyl (C=O) groups is 1. The molecule has 6 nitrogen and oxygen atoms in total. The van der Waals surface area contributed by atoms with Crippen LogP contribution in [0.2, 0.25) is 10.0 Å². The van der Waals surface area contributed by atoms with Crippen molar-refractivity contribution in [1.82, 2.24) is 9.97 Å². The molecule has 3 rings (SSSR count). The van der Waals surface area contributed by atoms with Crippen LogP contribution in [0.25, 0.3) is 11.0 Å². The van der Waals surface area contributed by atoms with Gasteiger partial charge in [-0.1, -0.05) is 29.3 Å². The van der Waals surface area contributed by atoms with E-state index in [1.54, 1.807) is 25.1 Å². The third kappa shape index (κ3) is 4.04. The minimum absolute atomic E-state index is 0.177. The summed E-state index contributed by atoms with van der Waals surface area (Å²) in [7, 11) is 0. The van der Waals surface area contributed by atoms with Crippen LogP contribution >= 0.6 is 23.2 Å². The number of benzene rings is 2. The van der Waals surface area contributed by atoms with Crippen molar-refractivity contribution in [3.63, 3.8) is 0 Å². The largest absolute Gasteiger partial charge is 0.464 e. The first-order valence-corrected chi connectivity index (χ1v) is 8.48. The molecule has 0 spiro atoms. The number of halogens is 2. The second-order valence-electron chi connectivity index (χ2n) is 5.29. The number of carbonyl (C=O) groups excluding carboxylic acids is 1. The van der Waals surface area contributed by atoms with Gasteiger partial charge in [-0.05, 0) is 42.8 Å². The zero-order valence-electron chi connectivity index (χ0n) is 13.6. The molecule has 1 N–H and O–H groups in total. The number of esters is 1. The second kappa shape index (κ2) is 7.86. The molecule has 1 aromatic heterocycles. The lowest BCUT2D eigenvalue weighted by Gasteiger charge is -2.12. The van der Waals surface area contributed by atoms with Crippen LogP contribution < -0.4 is 4.74 Å². The molecule has 0 saturated heterocycles. The van der Waals surface area contributed by atoms with E-state index in [4.69, 9.17) is 32.7 Å². The summed E-state index contributed by atoms with van der Waals surface area (Å²) in [4.78, 5) is 20.2. The highest BCUT2D eigenvalue weighted by Crippen LogP contribution is 2.31. The van der Waals surface area contributed by atoms with Crippen molar-refractivity contribution >= 4 is 40.2 Å². The number of hydrogen-bond acceptors (Lipinski definition) is 6. The van der Waals surface area contributed by atoms with Crippen LogP contribution in [-0.4, -0.2) is 27.7 Å². The van der Waals surface area contributed by atoms with Crippen LogP contribution in [0, 0.1) is 0 Å². The number of fused-ring (bicyclic) bond motifs is 1. The molecular weight excluding hydrogens is 379 g/mol. The third-order valence-corrected chi connectivity index (χ3v) is 4.01. The number of aromatic nitrogens is 2. The van der Waals surface area contributed by atoms with Gasteiger partial charge in [-0.2, -0.15) is 0 Å². The van der Waals surface area contributed by atoms with Gasteiger partial charge in [0.15, 0.2) is 6.10 Å². The minimum atomic E-state index is -1.41. The molecule has 3 aromatic rings. The van der Waals surface area contributed by atoms with Gasteiger partial charge in [0.2, 0.25) is 5.88 Å². The summed E-state index contributed by atoms with van der Waals surface area (Å²) < 4.78 is 10.4. The number of ether oxygens (including phenoxy) is 2. The summed E-state index contributed by atoms with van der Waals surface area (Å²) in [6, 6.07) is 9.64. The van der Waals surface area contributed by atoms with Gasteiger partial charge in [-0.15, -0.1) is 0 Å². The molecule has 1 heterocycles. The van der Waals surface area contributed by atoms with E-state index in [9.17, 15) is 9.90 Å². The van der Waals surface area contributed by atoms with E-state index in [0.29, 0.717) is 27.4 Å². The summed E-state index contributed by atoms with van der Waals surface area (Å²) in [5.74, 6) is -0.175. The molecule has 0 fully saturated rings. The number of nitrogens with zero attached hydrogens (tertiary/aromatic N) is 2. The zero-order valence-corrected chi connectivity index (χ0v) is 15.2. The average molecular weight is 393 g/mol. The lowest BCUT2D eigenvalue weighted by atomic mass is 10.1. The van der Waals surface area contributed by atoms with Crippen molar-refractivity contribution < 1.29 is 19.4 Å². The Labute approximate surface area is 159 Å². The van der Waals surface area contributed by atoms with Crippen molar-refractivity contribution in [3.05, 3.63) is 58.2 Å². The molecule has 1 atom stereocenters. The molecule has 134 valence electrons.